The summed E-state index contributed by atoms with van der Waals surface area (Å²) in [6, 6.07) is 0. The van der Waals surface area contributed by atoms with Crippen LogP contribution in [0.5, 0.6) is 0 Å². The first-order chi connectivity index (χ1) is 0. The van der Waals surface area contributed by atoms with Crippen molar-refractivity contribution in [1.82, 2.24) is 0 Å². The molecular formula is Cl8SiTi. The maximum atomic E-state index is 0. The summed E-state index contributed by atoms with van der Waals surface area (Å²) in [5.74, 6) is 0. The number of halogens is 8. The van der Waals surface area contributed by atoms with Gasteiger partial charge in [0.05, 0.1) is 0 Å². The van der Waals surface area contributed by atoms with E-state index >= 15 is 0 Å². The summed E-state index contributed by atoms with van der Waals surface area (Å²) in [7, 11) is 0. The van der Waals surface area contributed by atoms with Crippen molar-refractivity contribution >= 4 is 11.0 Å². The predicted molar refractivity (Wildman–Crippen MR) is 5.75 cm³/mol. The molecule has 0 unspecified atom stereocenters. The second kappa shape index (κ2) is 147. The van der Waals surface area contributed by atoms with Crippen molar-refractivity contribution in [2.45, 2.75) is 0 Å². The number of hydrogen-bond acceptors (Lipinski definition) is 0. The summed E-state index contributed by atoms with van der Waals surface area (Å²) in [5.41, 5.74) is 0. The average Bonchev–Trinajstić information content (AvgIpc) is 0. The third-order valence-corrected chi connectivity index (χ3v) is 0. The van der Waals surface area contributed by atoms with Gasteiger partial charge >= 0.3 is 32.7 Å². The maximum Gasteiger partial charge on any atom is 4.00 e. The minimum Gasteiger partial charge on any atom is -1.00 e. The van der Waals surface area contributed by atoms with Crippen LogP contribution >= 0.6 is 0 Å². The van der Waals surface area contributed by atoms with Gasteiger partial charge in [0.1, 0.15) is 0 Å². The maximum absolute atomic E-state index is 0. The Morgan fingerprint density at radius 1 is 0.300 bits per heavy atom. The van der Waals surface area contributed by atoms with Gasteiger partial charge in [-0.15, -0.1) is 0 Å². The van der Waals surface area contributed by atoms with Gasteiger partial charge in [-0.1, -0.05) is 0 Å². The Morgan fingerprint density at radius 2 is 0.300 bits per heavy atom. The Hall–Kier alpha value is 3.25. The molecule has 0 amide bonds. The first kappa shape index (κ1) is 188. The first-order valence-electron chi connectivity index (χ1n) is 0. The van der Waals surface area contributed by atoms with Crippen LogP contribution in [0.3, 0.4) is 0 Å². The fourth-order valence-corrected chi connectivity index (χ4v) is 0. The fraction of sp³-hybridized carbons (Fsp3) is 0. The molecule has 0 radical (unpaired) electrons. The van der Waals surface area contributed by atoms with Crippen LogP contribution in [0.2, 0.25) is 0 Å². The summed E-state index contributed by atoms with van der Waals surface area (Å²) < 4.78 is 0. The van der Waals surface area contributed by atoms with Crippen LogP contribution in [0, 0.1) is 0 Å². The standard InChI is InChI=1S/8ClH.Si.Ti/h8*1H;;/q;;;;;;;;2*+4/p-8. The summed E-state index contributed by atoms with van der Waals surface area (Å²) in [6.07, 6.45) is 0. The molecule has 0 aliphatic carbocycles. The van der Waals surface area contributed by atoms with Crippen LogP contribution in [0.4, 0.5) is 0 Å². The van der Waals surface area contributed by atoms with Gasteiger partial charge in [0.15, 0.2) is 0 Å². The molecule has 0 aromatic rings. The van der Waals surface area contributed by atoms with Crippen molar-refractivity contribution in [1.29, 1.82) is 0 Å². The summed E-state index contributed by atoms with van der Waals surface area (Å²) in [6.45, 7) is 0. The molecule has 0 nitrogen and oxygen atoms in total. The SMILES string of the molecule is [Cl-].[Cl-].[Cl-].[Cl-].[Cl-].[Cl-].[Cl-].[Cl-].[Si+4].[Ti+4]. The molecule has 64 valence electrons. The van der Waals surface area contributed by atoms with E-state index in [1.54, 1.807) is 0 Å². The third kappa shape index (κ3) is 112. The van der Waals surface area contributed by atoms with E-state index in [2.05, 4.69) is 0 Å². The van der Waals surface area contributed by atoms with Gasteiger partial charge in [-0.05, 0) is 0 Å². The van der Waals surface area contributed by atoms with Gasteiger partial charge < -0.3 is 99.3 Å². The Kier molecular flexibility index (Phi) is 2760. The molecule has 0 atom stereocenters. The molecule has 0 aromatic carbocycles. The van der Waals surface area contributed by atoms with Crippen LogP contribution in [-0.4, -0.2) is 11.0 Å². The summed E-state index contributed by atoms with van der Waals surface area (Å²) in [5, 5.41) is 0. The molecule has 0 heterocycles. The van der Waals surface area contributed by atoms with Crippen LogP contribution in [0.1, 0.15) is 0 Å². The van der Waals surface area contributed by atoms with Crippen molar-refractivity contribution in [2.24, 2.45) is 0 Å². The fourth-order valence-electron chi connectivity index (χ4n) is 0. The third-order valence-electron chi connectivity index (χ3n) is 0. The van der Waals surface area contributed by atoms with Gasteiger partial charge in [-0.25, -0.2) is 0 Å². The van der Waals surface area contributed by atoms with E-state index in [9.17, 15) is 0 Å². The average molecular weight is 360 g/mol. The minimum atomic E-state index is 0. The molecule has 0 N–H and O–H groups in total. The predicted octanol–water partition coefficient (Wildman–Crippen LogP) is -24.4. The van der Waals surface area contributed by atoms with Gasteiger partial charge in [0.2, 0.25) is 0 Å². The van der Waals surface area contributed by atoms with Crippen molar-refractivity contribution in [2.75, 3.05) is 0 Å². The van der Waals surface area contributed by atoms with Crippen LogP contribution < -0.4 is 99.3 Å². The monoisotopic (exact) mass is 356 g/mol. The van der Waals surface area contributed by atoms with Crippen LogP contribution in [0.15, 0.2) is 0 Å². The molecule has 0 fully saturated rings. The zero-order valence-corrected chi connectivity index (χ0v) is 12.6. The Labute approximate surface area is 130 Å². The van der Waals surface area contributed by atoms with Crippen molar-refractivity contribution in [3.8, 4) is 0 Å². The largest absolute Gasteiger partial charge is 4.00 e. The summed E-state index contributed by atoms with van der Waals surface area (Å²) >= 11 is 0. The zero-order chi connectivity index (χ0) is 0. The molecule has 0 spiro atoms. The summed E-state index contributed by atoms with van der Waals surface area (Å²) in [4.78, 5) is 0. The first-order valence-corrected chi connectivity index (χ1v) is 0. The normalized spacial score (nSPS) is 0. The van der Waals surface area contributed by atoms with Crippen LogP contribution in [0.25, 0.3) is 0 Å². The van der Waals surface area contributed by atoms with E-state index in [0.717, 1.165) is 0 Å². The molecule has 0 aliphatic heterocycles. The molecule has 0 aliphatic rings. The smallest absolute Gasteiger partial charge is 1.00 e. The van der Waals surface area contributed by atoms with Crippen molar-refractivity contribution < 1.29 is 121 Å². The Balaban J connectivity index is 0. The quantitative estimate of drug-likeness (QED) is 0.377. The van der Waals surface area contributed by atoms with Gasteiger partial charge in [-0.3, -0.25) is 0 Å². The molecule has 10 heteroatoms. The van der Waals surface area contributed by atoms with E-state index in [1.165, 1.54) is 0 Å². The zero-order valence-electron chi connectivity index (χ0n) is 4.02. The van der Waals surface area contributed by atoms with E-state index in [-0.39, 0.29) is 132 Å². The Bertz CT molecular complexity index is 9.22. The number of hydrogen-bond donors (Lipinski definition) is 0. The molecule has 0 saturated carbocycles. The van der Waals surface area contributed by atoms with Gasteiger partial charge in [0.25, 0.3) is 0 Å². The van der Waals surface area contributed by atoms with Crippen LogP contribution in [-0.2, 0) is 21.7 Å². The molecule has 0 aromatic heterocycles. The molecule has 0 saturated heterocycles. The van der Waals surface area contributed by atoms with Crippen molar-refractivity contribution in [3.63, 3.8) is 0 Å². The molecule has 10 heavy (non-hydrogen) atoms. The number of rotatable bonds is 0. The van der Waals surface area contributed by atoms with Gasteiger partial charge in [0, 0.05) is 0 Å². The minimum absolute atomic E-state index is 0. The molecular weight excluding hydrogens is 360 g/mol. The Morgan fingerprint density at radius 3 is 0.300 bits per heavy atom. The topological polar surface area (TPSA) is 0 Å². The second-order valence-corrected chi connectivity index (χ2v) is 0. The molecule has 0 rings (SSSR count). The van der Waals surface area contributed by atoms with E-state index in [0.29, 0.717) is 0 Å². The molecule has 0 bridgehead atoms. The second-order valence-electron chi connectivity index (χ2n) is 0. The van der Waals surface area contributed by atoms with E-state index in [4.69, 9.17) is 0 Å². The van der Waals surface area contributed by atoms with E-state index < -0.39 is 0 Å². The van der Waals surface area contributed by atoms with Gasteiger partial charge in [-0.2, -0.15) is 0 Å². The van der Waals surface area contributed by atoms with Crippen molar-refractivity contribution in [3.05, 3.63) is 0 Å². The van der Waals surface area contributed by atoms with E-state index in [1.807, 2.05) is 0 Å².